The van der Waals surface area contributed by atoms with Gasteiger partial charge in [-0.3, -0.25) is 0 Å². The maximum atomic E-state index is 12.7. The maximum absolute atomic E-state index is 12.7. The molecule has 0 aliphatic heterocycles. The van der Waals surface area contributed by atoms with Gasteiger partial charge < -0.3 is 10.8 Å². The summed E-state index contributed by atoms with van der Waals surface area (Å²) < 4.78 is 12.7. The Bertz CT molecular complexity index is 120. The zero-order chi connectivity index (χ0) is 7.72. The van der Waals surface area contributed by atoms with Gasteiger partial charge in [0.05, 0.1) is 6.10 Å². The third-order valence-electron chi connectivity index (χ3n) is 2.41. The summed E-state index contributed by atoms with van der Waals surface area (Å²) in [5.74, 6) is 0.199. The number of halogens is 1. The zero-order valence-corrected chi connectivity index (χ0v) is 6.13. The fourth-order valence-corrected chi connectivity index (χ4v) is 1.65. The molecule has 4 unspecified atom stereocenters. The monoisotopic (exact) mass is 147 g/mol. The van der Waals surface area contributed by atoms with Gasteiger partial charge in [-0.2, -0.15) is 0 Å². The minimum atomic E-state index is -1.05. The summed E-state index contributed by atoms with van der Waals surface area (Å²) in [6, 6.07) is 0. The van der Waals surface area contributed by atoms with Gasteiger partial charge in [-0.1, -0.05) is 6.92 Å². The molecule has 60 valence electrons. The average molecular weight is 147 g/mol. The van der Waals surface area contributed by atoms with Gasteiger partial charge in [0, 0.05) is 5.92 Å². The van der Waals surface area contributed by atoms with E-state index in [4.69, 9.17) is 5.73 Å². The van der Waals surface area contributed by atoms with Gasteiger partial charge in [-0.25, -0.2) is 4.39 Å². The van der Waals surface area contributed by atoms with Crippen molar-refractivity contribution in [3.8, 4) is 0 Å². The minimum Gasteiger partial charge on any atom is -0.390 e. The molecule has 2 nitrogen and oxygen atoms in total. The van der Waals surface area contributed by atoms with E-state index in [1.54, 1.807) is 0 Å². The molecule has 0 aromatic heterocycles. The molecule has 4 atom stereocenters. The SMILES string of the molecule is CC1CC(F)C(O)C1CN. The second kappa shape index (κ2) is 2.84. The fourth-order valence-electron chi connectivity index (χ4n) is 1.65. The molecule has 3 N–H and O–H groups in total. The van der Waals surface area contributed by atoms with E-state index in [1.807, 2.05) is 6.92 Å². The number of hydrogen-bond acceptors (Lipinski definition) is 2. The van der Waals surface area contributed by atoms with Crippen LogP contribution in [-0.2, 0) is 0 Å². The van der Waals surface area contributed by atoms with Crippen molar-refractivity contribution in [2.45, 2.75) is 25.6 Å². The third-order valence-corrected chi connectivity index (χ3v) is 2.41. The van der Waals surface area contributed by atoms with Crippen molar-refractivity contribution < 1.29 is 9.50 Å². The van der Waals surface area contributed by atoms with Crippen LogP contribution in [-0.4, -0.2) is 23.9 Å². The van der Waals surface area contributed by atoms with Gasteiger partial charge in [0.15, 0.2) is 0 Å². The Labute approximate surface area is 60.2 Å². The van der Waals surface area contributed by atoms with Crippen LogP contribution in [0.4, 0.5) is 4.39 Å². The fraction of sp³-hybridized carbons (Fsp3) is 1.00. The van der Waals surface area contributed by atoms with Gasteiger partial charge in [0.1, 0.15) is 6.17 Å². The Kier molecular flexibility index (Phi) is 2.26. The molecule has 0 radical (unpaired) electrons. The summed E-state index contributed by atoms with van der Waals surface area (Å²) in [6.45, 7) is 2.32. The first kappa shape index (κ1) is 7.95. The van der Waals surface area contributed by atoms with Crippen molar-refractivity contribution in [2.24, 2.45) is 17.6 Å². The maximum Gasteiger partial charge on any atom is 0.126 e. The van der Waals surface area contributed by atoms with Crippen LogP contribution in [0.15, 0.2) is 0 Å². The van der Waals surface area contributed by atoms with E-state index in [0.717, 1.165) is 0 Å². The predicted octanol–water partition coefficient (Wildman–Crippen LogP) is 0.300. The molecule has 1 aliphatic carbocycles. The molecule has 10 heavy (non-hydrogen) atoms. The topological polar surface area (TPSA) is 46.2 Å². The summed E-state index contributed by atoms with van der Waals surface area (Å²) >= 11 is 0. The van der Waals surface area contributed by atoms with Crippen molar-refractivity contribution in [2.75, 3.05) is 6.54 Å². The molecule has 1 rings (SSSR count). The Morgan fingerprint density at radius 2 is 2.30 bits per heavy atom. The van der Waals surface area contributed by atoms with Crippen LogP contribution >= 0.6 is 0 Å². The van der Waals surface area contributed by atoms with Crippen molar-refractivity contribution in [3.63, 3.8) is 0 Å². The van der Waals surface area contributed by atoms with Crippen LogP contribution < -0.4 is 5.73 Å². The van der Waals surface area contributed by atoms with Crippen molar-refractivity contribution in [3.05, 3.63) is 0 Å². The van der Waals surface area contributed by atoms with Crippen LogP contribution in [0.1, 0.15) is 13.3 Å². The molecular formula is C7H14FNO. The lowest BCUT2D eigenvalue weighted by Crippen LogP contribution is -2.29. The molecule has 0 spiro atoms. The first-order valence-electron chi connectivity index (χ1n) is 3.69. The normalized spacial score (nSPS) is 48.0. The van der Waals surface area contributed by atoms with Crippen LogP contribution in [0, 0.1) is 11.8 Å². The van der Waals surface area contributed by atoms with E-state index in [2.05, 4.69) is 0 Å². The van der Waals surface area contributed by atoms with E-state index in [-0.39, 0.29) is 11.8 Å². The molecule has 3 heteroatoms. The number of alkyl halides is 1. The second-order valence-electron chi connectivity index (χ2n) is 3.12. The van der Waals surface area contributed by atoms with Crippen LogP contribution in [0.5, 0.6) is 0 Å². The molecule has 1 saturated carbocycles. The van der Waals surface area contributed by atoms with Gasteiger partial charge in [0.25, 0.3) is 0 Å². The zero-order valence-electron chi connectivity index (χ0n) is 6.13. The smallest absolute Gasteiger partial charge is 0.126 e. The Morgan fingerprint density at radius 1 is 1.70 bits per heavy atom. The first-order chi connectivity index (χ1) is 4.66. The van der Waals surface area contributed by atoms with Crippen molar-refractivity contribution in [1.29, 1.82) is 0 Å². The first-order valence-corrected chi connectivity index (χ1v) is 3.69. The summed E-state index contributed by atoms with van der Waals surface area (Å²) in [4.78, 5) is 0. The number of aliphatic hydroxyl groups is 1. The Morgan fingerprint density at radius 3 is 2.50 bits per heavy atom. The molecule has 0 amide bonds. The highest BCUT2D eigenvalue weighted by Crippen LogP contribution is 2.32. The second-order valence-corrected chi connectivity index (χ2v) is 3.12. The van der Waals surface area contributed by atoms with E-state index in [9.17, 15) is 9.50 Å². The van der Waals surface area contributed by atoms with E-state index >= 15 is 0 Å². The molecule has 0 bridgehead atoms. The van der Waals surface area contributed by atoms with Gasteiger partial charge >= 0.3 is 0 Å². The summed E-state index contributed by atoms with van der Waals surface area (Å²) in [5, 5.41) is 9.17. The largest absolute Gasteiger partial charge is 0.390 e. The van der Waals surface area contributed by atoms with Crippen molar-refractivity contribution >= 4 is 0 Å². The molecule has 1 aliphatic rings. The molecule has 1 fully saturated rings. The lowest BCUT2D eigenvalue weighted by Gasteiger charge is -2.15. The van der Waals surface area contributed by atoms with Gasteiger partial charge in [-0.05, 0) is 18.9 Å². The lowest BCUT2D eigenvalue weighted by molar-refractivity contribution is 0.0680. The van der Waals surface area contributed by atoms with Gasteiger partial charge in [0.2, 0.25) is 0 Å². The molecule has 0 saturated heterocycles. The number of rotatable bonds is 1. The highest BCUT2D eigenvalue weighted by molar-refractivity contribution is 4.89. The Hall–Kier alpha value is -0.150. The van der Waals surface area contributed by atoms with Crippen LogP contribution in [0.25, 0.3) is 0 Å². The highest BCUT2D eigenvalue weighted by Gasteiger charge is 2.39. The molecule has 0 aromatic rings. The number of aliphatic hydroxyl groups excluding tert-OH is 1. The summed E-state index contributed by atoms with van der Waals surface area (Å²) in [7, 11) is 0. The average Bonchev–Trinajstić information content (AvgIpc) is 2.09. The third kappa shape index (κ3) is 1.16. The predicted molar refractivity (Wildman–Crippen MR) is 37.2 cm³/mol. The van der Waals surface area contributed by atoms with Crippen molar-refractivity contribution in [1.82, 2.24) is 0 Å². The van der Waals surface area contributed by atoms with E-state index in [1.165, 1.54) is 0 Å². The quantitative estimate of drug-likeness (QED) is 0.560. The standard InChI is InChI=1S/C7H14FNO/c1-4-2-6(8)7(10)5(4)3-9/h4-7,10H,2-3,9H2,1H3. The van der Waals surface area contributed by atoms with E-state index < -0.39 is 12.3 Å². The van der Waals surface area contributed by atoms with Crippen LogP contribution in [0.3, 0.4) is 0 Å². The molecule has 0 heterocycles. The summed E-state index contributed by atoms with van der Waals surface area (Å²) in [6.07, 6.45) is -1.41. The van der Waals surface area contributed by atoms with E-state index in [0.29, 0.717) is 13.0 Å². The Balaban J connectivity index is 2.55. The van der Waals surface area contributed by atoms with Crippen LogP contribution in [0.2, 0.25) is 0 Å². The minimum absolute atomic E-state index is 0.0324. The molecular weight excluding hydrogens is 133 g/mol. The highest BCUT2D eigenvalue weighted by atomic mass is 19.1. The summed E-state index contributed by atoms with van der Waals surface area (Å²) in [5.41, 5.74) is 5.35. The number of hydrogen-bond donors (Lipinski definition) is 2. The lowest BCUT2D eigenvalue weighted by atomic mass is 9.97. The number of nitrogens with two attached hydrogens (primary N) is 1. The molecule has 0 aromatic carbocycles. The van der Waals surface area contributed by atoms with Gasteiger partial charge in [-0.15, -0.1) is 0 Å².